The van der Waals surface area contributed by atoms with E-state index in [9.17, 15) is 18.0 Å². The molecule has 1 N–H and O–H groups in total. The number of hydrogen-bond acceptors (Lipinski definition) is 3. The standard InChI is InChI=1S/C11H9F3N2O2S/c12-11(13,14)19-6-5-16-8-4-2-1-3-7(8)9(15-16)10(17)18/h1-4H,5-6H2,(H,17,18). The third kappa shape index (κ3) is 3.19. The lowest BCUT2D eigenvalue weighted by molar-refractivity contribution is -0.0328. The minimum Gasteiger partial charge on any atom is -0.476 e. The van der Waals surface area contributed by atoms with E-state index in [1.165, 1.54) is 4.68 Å². The summed E-state index contributed by atoms with van der Waals surface area (Å²) >= 11 is -0.154. The first-order chi connectivity index (χ1) is 8.88. The monoisotopic (exact) mass is 290 g/mol. The highest BCUT2D eigenvalue weighted by Crippen LogP contribution is 2.30. The summed E-state index contributed by atoms with van der Waals surface area (Å²) in [6, 6.07) is 6.56. The number of aromatic carboxylic acids is 1. The van der Waals surface area contributed by atoms with Gasteiger partial charge in [0.15, 0.2) is 5.69 Å². The van der Waals surface area contributed by atoms with Gasteiger partial charge in [-0.15, -0.1) is 0 Å². The molecule has 0 unspecified atom stereocenters. The van der Waals surface area contributed by atoms with Crippen LogP contribution in [0.25, 0.3) is 10.9 Å². The quantitative estimate of drug-likeness (QED) is 0.940. The van der Waals surface area contributed by atoms with Gasteiger partial charge in [0.05, 0.1) is 12.1 Å². The Morgan fingerprint density at radius 2 is 2.05 bits per heavy atom. The second kappa shape index (κ2) is 5.12. The number of rotatable bonds is 4. The molecule has 0 aliphatic carbocycles. The normalized spacial score (nSPS) is 11.9. The van der Waals surface area contributed by atoms with E-state index in [0.29, 0.717) is 10.9 Å². The molecule has 8 heteroatoms. The molecule has 0 radical (unpaired) electrons. The van der Waals surface area contributed by atoms with E-state index in [1.54, 1.807) is 24.3 Å². The molecule has 1 aromatic heterocycles. The highest BCUT2D eigenvalue weighted by atomic mass is 32.2. The highest BCUT2D eigenvalue weighted by Gasteiger charge is 2.27. The van der Waals surface area contributed by atoms with Gasteiger partial charge >= 0.3 is 11.5 Å². The Morgan fingerprint density at radius 3 is 2.68 bits per heavy atom. The summed E-state index contributed by atoms with van der Waals surface area (Å²) in [7, 11) is 0. The van der Waals surface area contributed by atoms with Crippen molar-refractivity contribution in [3.63, 3.8) is 0 Å². The maximum absolute atomic E-state index is 12.0. The Morgan fingerprint density at radius 1 is 1.37 bits per heavy atom. The number of hydrogen-bond donors (Lipinski definition) is 1. The number of aryl methyl sites for hydroxylation is 1. The van der Waals surface area contributed by atoms with Crippen LogP contribution in [0, 0.1) is 0 Å². The van der Waals surface area contributed by atoms with Crippen molar-refractivity contribution in [2.24, 2.45) is 0 Å². The Bertz CT molecular complexity index is 609. The first-order valence-electron chi connectivity index (χ1n) is 5.28. The number of carboxylic acids is 1. The summed E-state index contributed by atoms with van der Waals surface area (Å²) in [5.41, 5.74) is -3.92. The van der Waals surface area contributed by atoms with E-state index in [0.717, 1.165) is 0 Å². The number of halogens is 3. The zero-order valence-electron chi connectivity index (χ0n) is 9.52. The average Bonchev–Trinajstić information content (AvgIpc) is 2.67. The molecule has 0 saturated heterocycles. The molecule has 0 amide bonds. The highest BCUT2D eigenvalue weighted by molar-refractivity contribution is 8.00. The SMILES string of the molecule is O=C(O)c1nn(CCSC(F)(F)F)c2ccccc12. The van der Waals surface area contributed by atoms with Crippen LogP contribution in [0.5, 0.6) is 0 Å². The van der Waals surface area contributed by atoms with Crippen LogP contribution in [0.2, 0.25) is 0 Å². The van der Waals surface area contributed by atoms with E-state index in [4.69, 9.17) is 5.11 Å². The van der Waals surface area contributed by atoms with E-state index >= 15 is 0 Å². The molecule has 1 aromatic carbocycles. The predicted octanol–water partition coefficient (Wildman–Crippen LogP) is 2.99. The fourth-order valence-electron chi connectivity index (χ4n) is 1.70. The van der Waals surface area contributed by atoms with Crippen molar-refractivity contribution in [2.45, 2.75) is 12.1 Å². The lowest BCUT2D eigenvalue weighted by atomic mass is 10.2. The van der Waals surface area contributed by atoms with Crippen LogP contribution in [0.1, 0.15) is 10.5 Å². The third-order valence-electron chi connectivity index (χ3n) is 2.43. The van der Waals surface area contributed by atoms with Gasteiger partial charge in [-0.2, -0.15) is 18.3 Å². The third-order valence-corrected chi connectivity index (χ3v) is 3.14. The van der Waals surface area contributed by atoms with Crippen molar-refractivity contribution in [3.05, 3.63) is 30.0 Å². The molecule has 0 aliphatic heterocycles. The van der Waals surface area contributed by atoms with Gasteiger partial charge in [-0.25, -0.2) is 4.79 Å². The molecule has 0 spiro atoms. The van der Waals surface area contributed by atoms with Gasteiger partial charge in [-0.3, -0.25) is 4.68 Å². The number of thioether (sulfide) groups is 1. The minimum atomic E-state index is -4.29. The van der Waals surface area contributed by atoms with Crippen molar-refractivity contribution in [1.29, 1.82) is 0 Å². The van der Waals surface area contributed by atoms with Crippen molar-refractivity contribution in [1.82, 2.24) is 9.78 Å². The van der Waals surface area contributed by atoms with E-state index in [1.807, 2.05) is 0 Å². The molecule has 0 fully saturated rings. The Kier molecular flexibility index (Phi) is 3.70. The van der Waals surface area contributed by atoms with E-state index < -0.39 is 11.5 Å². The molecule has 102 valence electrons. The summed E-state index contributed by atoms with van der Waals surface area (Å²) in [5, 5.41) is 13.3. The van der Waals surface area contributed by atoms with Gasteiger partial charge in [0.2, 0.25) is 0 Å². The van der Waals surface area contributed by atoms with Gasteiger partial charge < -0.3 is 5.11 Å². The van der Waals surface area contributed by atoms with Gasteiger partial charge in [0.25, 0.3) is 0 Å². The topological polar surface area (TPSA) is 55.1 Å². The van der Waals surface area contributed by atoms with Crippen LogP contribution >= 0.6 is 11.8 Å². The Hall–Kier alpha value is -1.70. The fraction of sp³-hybridized carbons (Fsp3) is 0.273. The molecule has 2 aromatic rings. The molecular weight excluding hydrogens is 281 g/mol. The molecule has 4 nitrogen and oxygen atoms in total. The summed E-state index contributed by atoms with van der Waals surface area (Å²) in [4.78, 5) is 11.0. The second-order valence-corrected chi connectivity index (χ2v) is 4.85. The van der Waals surface area contributed by atoms with Crippen molar-refractivity contribution >= 4 is 28.6 Å². The number of aromatic nitrogens is 2. The predicted molar refractivity (Wildman–Crippen MR) is 65.2 cm³/mol. The van der Waals surface area contributed by atoms with Crippen LogP contribution in [-0.4, -0.2) is 32.1 Å². The summed E-state index contributed by atoms with van der Waals surface area (Å²) < 4.78 is 37.4. The first kappa shape index (κ1) is 13.7. The van der Waals surface area contributed by atoms with Crippen LogP contribution in [-0.2, 0) is 6.54 Å². The smallest absolute Gasteiger partial charge is 0.441 e. The molecule has 0 saturated carbocycles. The zero-order chi connectivity index (χ0) is 14.0. The van der Waals surface area contributed by atoms with Crippen LogP contribution in [0.4, 0.5) is 13.2 Å². The van der Waals surface area contributed by atoms with E-state index in [-0.39, 0.29) is 29.8 Å². The van der Waals surface area contributed by atoms with Crippen molar-refractivity contribution in [3.8, 4) is 0 Å². The summed E-state index contributed by atoms with van der Waals surface area (Å²) in [6.07, 6.45) is 0. The van der Waals surface area contributed by atoms with Gasteiger partial charge in [-0.05, 0) is 17.8 Å². The van der Waals surface area contributed by atoms with Crippen LogP contribution < -0.4 is 0 Å². The van der Waals surface area contributed by atoms with Crippen molar-refractivity contribution in [2.75, 3.05) is 5.75 Å². The number of carbonyl (C=O) groups is 1. The fourth-order valence-corrected chi connectivity index (χ4v) is 2.20. The molecule has 0 atom stereocenters. The van der Waals surface area contributed by atoms with Crippen LogP contribution in [0.3, 0.4) is 0 Å². The number of para-hydroxylation sites is 1. The largest absolute Gasteiger partial charge is 0.476 e. The molecule has 19 heavy (non-hydrogen) atoms. The lowest BCUT2D eigenvalue weighted by Crippen LogP contribution is -2.09. The summed E-state index contributed by atoms with van der Waals surface area (Å²) in [6.45, 7) is -0.00201. The maximum atomic E-state index is 12.0. The minimum absolute atomic E-state index is 0.00201. The number of carboxylic acid groups (broad SMARTS) is 1. The van der Waals surface area contributed by atoms with Crippen molar-refractivity contribution < 1.29 is 23.1 Å². The zero-order valence-corrected chi connectivity index (χ0v) is 10.3. The summed E-state index contributed by atoms with van der Waals surface area (Å²) in [5.74, 6) is -1.41. The molecule has 1 heterocycles. The number of nitrogens with zero attached hydrogens (tertiary/aromatic N) is 2. The Labute approximate surface area is 110 Å². The van der Waals surface area contributed by atoms with Crippen LogP contribution in [0.15, 0.2) is 24.3 Å². The molecular formula is C11H9F3N2O2S. The maximum Gasteiger partial charge on any atom is 0.441 e. The average molecular weight is 290 g/mol. The van der Waals surface area contributed by atoms with Gasteiger partial charge in [-0.1, -0.05) is 18.2 Å². The molecule has 2 rings (SSSR count). The van der Waals surface area contributed by atoms with E-state index in [2.05, 4.69) is 5.10 Å². The number of fused-ring (bicyclic) bond motifs is 1. The first-order valence-corrected chi connectivity index (χ1v) is 6.26. The Balaban J connectivity index is 2.26. The number of alkyl halides is 3. The molecule has 0 bridgehead atoms. The molecule has 0 aliphatic rings. The van der Waals surface area contributed by atoms with Gasteiger partial charge in [0, 0.05) is 11.1 Å². The van der Waals surface area contributed by atoms with Gasteiger partial charge in [0.1, 0.15) is 0 Å². The number of benzene rings is 1. The second-order valence-electron chi connectivity index (χ2n) is 3.69. The lowest BCUT2D eigenvalue weighted by Gasteiger charge is -2.06.